The van der Waals surface area contributed by atoms with Gasteiger partial charge in [0.1, 0.15) is 11.5 Å². The smallest absolute Gasteiger partial charge is 0.439 e. The highest BCUT2D eigenvalue weighted by Gasteiger charge is 2.30. The molecule has 0 aliphatic rings. The van der Waals surface area contributed by atoms with Crippen LogP contribution in [0, 0.1) is 0 Å². The van der Waals surface area contributed by atoms with Crippen molar-refractivity contribution in [2.24, 2.45) is 0 Å². The van der Waals surface area contributed by atoms with Crippen molar-refractivity contribution in [2.45, 2.75) is 12.2 Å². The minimum Gasteiger partial charge on any atom is -0.439 e. The van der Waals surface area contributed by atoms with Crippen LogP contribution in [0.2, 0.25) is 5.02 Å². The van der Waals surface area contributed by atoms with Gasteiger partial charge >= 0.3 is 6.36 Å². The number of pyridine rings is 1. The van der Waals surface area contributed by atoms with Crippen LogP contribution >= 0.6 is 23.2 Å². The van der Waals surface area contributed by atoms with Crippen molar-refractivity contribution in [2.75, 3.05) is 0 Å². The van der Waals surface area contributed by atoms with Gasteiger partial charge in [0.2, 0.25) is 5.88 Å². The third-order valence-electron chi connectivity index (χ3n) is 2.30. The zero-order chi connectivity index (χ0) is 15.5. The second-order valence-corrected chi connectivity index (χ2v) is 4.51. The number of rotatable bonds is 4. The first-order valence-corrected chi connectivity index (χ1v) is 6.53. The van der Waals surface area contributed by atoms with Crippen LogP contribution in [-0.2, 0) is 5.88 Å². The lowest BCUT2D eigenvalue weighted by molar-refractivity contribution is -0.274. The molecule has 0 atom stereocenters. The van der Waals surface area contributed by atoms with Crippen molar-refractivity contribution in [1.82, 2.24) is 4.98 Å². The van der Waals surface area contributed by atoms with E-state index >= 15 is 0 Å². The molecule has 0 radical (unpaired) electrons. The van der Waals surface area contributed by atoms with Gasteiger partial charge in [-0.25, -0.2) is 4.98 Å². The van der Waals surface area contributed by atoms with Crippen LogP contribution in [0.15, 0.2) is 36.4 Å². The Hall–Kier alpha value is -1.66. The van der Waals surface area contributed by atoms with Crippen LogP contribution in [-0.4, -0.2) is 11.3 Å². The first-order valence-electron chi connectivity index (χ1n) is 5.62. The third-order valence-corrected chi connectivity index (χ3v) is 2.90. The monoisotopic (exact) mass is 337 g/mol. The fourth-order valence-corrected chi connectivity index (χ4v) is 1.89. The third kappa shape index (κ3) is 4.68. The molecule has 1 heterocycles. The molecule has 0 saturated heterocycles. The van der Waals surface area contributed by atoms with Crippen molar-refractivity contribution >= 4 is 23.2 Å². The minimum absolute atomic E-state index is 0.119. The van der Waals surface area contributed by atoms with E-state index in [1.54, 1.807) is 6.07 Å². The number of benzene rings is 1. The van der Waals surface area contributed by atoms with Crippen molar-refractivity contribution in [3.05, 3.63) is 47.1 Å². The Balaban J connectivity index is 2.10. The highest BCUT2D eigenvalue weighted by molar-refractivity contribution is 6.32. The van der Waals surface area contributed by atoms with Crippen LogP contribution in [0.1, 0.15) is 5.69 Å². The summed E-state index contributed by atoms with van der Waals surface area (Å²) in [4.78, 5) is 4.07. The normalized spacial score (nSPS) is 11.3. The topological polar surface area (TPSA) is 31.4 Å². The largest absolute Gasteiger partial charge is 0.573 e. The second-order valence-electron chi connectivity index (χ2n) is 3.83. The molecule has 2 rings (SSSR count). The molecule has 0 amide bonds. The second kappa shape index (κ2) is 6.41. The summed E-state index contributed by atoms with van der Waals surface area (Å²) >= 11 is 11.5. The highest BCUT2D eigenvalue weighted by atomic mass is 35.5. The Morgan fingerprint density at radius 3 is 2.19 bits per heavy atom. The van der Waals surface area contributed by atoms with Gasteiger partial charge < -0.3 is 9.47 Å². The van der Waals surface area contributed by atoms with Gasteiger partial charge in [0.15, 0.2) is 0 Å². The first-order chi connectivity index (χ1) is 9.87. The number of hydrogen-bond donors (Lipinski definition) is 0. The van der Waals surface area contributed by atoms with Crippen LogP contribution in [0.4, 0.5) is 13.2 Å². The average Bonchev–Trinajstić information content (AvgIpc) is 2.41. The standard InChI is InChI=1S/C13H8Cl2F3NO2/c14-7-11-10(15)5-6-12(19-11)20-8-1-3-9(4-2-8)21-13(16,17)18/h1-6H,7H2. The Labute approximate surface area is 128 Å². The molecule has 0 aliphatic carbocycles. The van der Waals surface area contributed by atoms with Crippen LogP contribution in [0.3, 0.4) is 0 Å². The maximum absolute atomic E-state index is 12.0. The molecule has 1 aromatic carbocycles. The van der Waals surface area contributed by atoms with Crippen molar-refractivity contribution in [3.8, 4) is 17.4 Å². The Bertz CT molecular complexity index is 618. The van der Waals surface area contributed by atoms with Crippen molar-refractivity contribution in [3.63, 3.8) is 0 Å². The molecule has 8 heteroatoms. The maximum Gasteiger partial charge on any atom is 0.573 e. The first kappa shape index (κ1) is 15.7. The van der Waals surface area contributed by atoms with E-state index in [0.29, 0.717) is 16.5 Å². The predicted octanol–water partition coefficient (Wildman–Crippen LogP) is 5.16. The molecule has 0 N–H and O–H groups in total. The fraction of sp³-hybridized carbons (Fsp3) is 0.154. The molecule has 3 nitrogen and oxygen atoms in total. The lowest BCUT2D eigenvalue weighted by atomic mass is 10.3. The van der Waals surface area contributed by atoms with E-state index in [4.69, 9.17) is 27.9 Å². The number of aromatic nitrogens is 1. The number of hydrogen-bond acceptors (Lipinski definition) is 3. The molecule has 0 unspecified atom stereocenters. The highest BCUT2D eigenvalue weighted by Crippen LogP contribution is 2.27. The fourth-order valence-electron chi connectivity index (χ4n) is 1.44. The summed E-state index contributed by atoms with van der Waals surface area (Å²) in [6, 6.07) is 8.04. The van der Waals surface area contributed by atoms with Crippen LogP contribution < -0.4 is 9.47 Å². The number of nitrogens with zero attached hydrogens (tertiary/aromatic N) is 1. The molecule has 112 valence electrons. The Kier molecular flexibility index (Phi) is 4.80. The molecule has 0 aliphatic heterocycles. The van der Waals surface area contributed by atoms with Gasteiger partial charge in [0.05, 0.1) is 16.6 Å². The van der Waals surface area contributed by atoms with E-state index in [1.165, 1.54) is 18.2 Å². The van der Waals surface area contributed by atoms with Crippen molar-refractivity contribution < 1.29 is 22.6 Å². The molecule has 0 fully saturated rings. The van der Waals surface area contributed by atoms with E-state index in [1.807, 2.05) is 0 Å². The minimum atomic E-state index is -4.73. The lowest BCUT2D eigenvalue weighted by Crippen LogP contribution is -2.16. The molecule has 0 spiro atoms. The summed E-state index contributed by atoms with van der Waals surface area (Å²) in [5, 5.41) is 0.409. The summed E-state index contributed by atoms with van der Waals surface area (Å²) in [6.45, 7) is 0. The number of ether oxygens (including phenoxy) is 2. The molecule has 0 bridgehead atoms. The SMILES string of the molecule is FC(F)(F)Oc1ccc(Oc2ccc(Cl)c(CCl)n2)cc1. The van der Waals surface area contributed by atoms with E-state index in [9.17, 15) is 13.2 Å². The van der Waals surface area contributed by atoms with Gasteiger partial charge in [-0.15, -0.1) is 24.8 Å². The zero-order valence-corrected chi connectivity index (χ0v) is 11.8. The van der Waals surface area contributed by atoms with Gasteiger partial charge in [0, 0.05) is 6.07 Å². The molecule has 0 saturated carbocycles. The van der Waals surface area contributed by atoms with E-state index in [-0.39, 0.29) is 17.5 Å². The van der Waals surface area contributed by atoms with E-state index in [2.05, 4.69) is 9.72 Å². The van der Waals surface area contributed by atoms with Gasteiger partial charge in [-0.1, -0.05) is 11.6 Å². The summed E-state index contributed by atoms with van der Waals surface area (Å²) < 4.78 is 45.2. The molecule has 2 aromatic rings. The molecular weight excluding hydrogens is 330 g/mol. The predicted molar refractivity (Wildman–Crippen MR) is 72.0 cm³/mol. The lowest BCUT2D eigenvalue weighted by Gasteiger charge is -2.10. The molecule has 21 heavy (non-hydrogen) atoms. The quantitative estimate of drug-likeness (QED) is 0.721. The van der Waals surface area contributed by atoms with E-state index < -0.39 is 6.36 Å². The van der Waals surface area contributed by atoms with E-state index in [0.717, 1.165) is 12.1 Å². The van der Waals surface area contributed by atoms with Crippen LogP contribution in [0.5, 0.6) is 17.4 Å². The van der Waals surface area contributed by atoms with Crippen LogP contribution in [0.25, 0.3) is 0 Å². The molecular formula is C13H8Cl2F3NO2. The van der Waals surface area contributed by atoms with Crippen molar-refractivity contribution in [1.29, 1.82) is 0 Å². The van der Waals surface area contributed by atoms with Gasteiger partial charge in [-0.05, 0) is 30.3 Å². The average molecular weight is 338 g/mol. The van der Waals surface area contributed by atoms with Gasteiger partial charge in [-0.3, -0.25) is 0 Å². The van der Waals surface area contributed by atoms with Gasteiger partial charge in [0.25, 0.3) is 0 Å². The summed E-state index contributed by atoms with van der Waals surface area (Å²) in [5.74, 6) is 0.328. The number of halogens is 5. The Morgan fingerprint density at radius 2 is 1.62 bits per heavy atom. The summed E-state index contributed by atoms with van der Waals surface area (Å²) in [6.07, 6.45) is -4.73. The molecule has 1 aromatic heterocycles. The van der Waals surface area contributed by atoms with Gasteiger partial charge in [-0.2, -0.15) is 0 Å². The summed E-state index contributed by atoms with van der Waals surface area (Å²) in [5.41, 5.74) is 0.452. The zero-order valence-electron chi connectivity index (χ0n) is 10.3. The maximum atomic E-state index is 12.0. The Morgan fingerprint density at radius 1 is 1.00 bits per heavy atom. The number of alkyl halides is 4. The summed E-state index contributed by atoms with van der Waals surface area (Å²) in [7, 11) is 0.